The molecule has 0 radical (unpaired) electrons. The molecule has 1 N–H and O–H groups in total. The number of carbonyl (C=O) groups excluding carboxylic acids is 1. The van der Waals surface area contributed by atoms with Gasteiger partial charge in [0.05, 0.1) is 22.3 Å². The molecule has 1 aromatic heterocycles. The van der Waals surface area contributed by atoms with Gasteiger partial charge in [0.25, 0.3) is 0 Å². The molecule has 0 aliphatic heterocycles. The number of nitrogens with zero attached hydrogens (tertiary/aromatic N) is 2. The van der Waals surface area contributed by atoms with Crippen LogP contribution in [0.5, 0.6) is 0 Å². The second-order valence-electron chi connectivity index (χ2n) is 8.77. The molecule has 0 saturated heterocycles. The third kappa shape index (κ3) is 4.61. The number of halogens is 1. The van der Waals surface area contributed by atoms with E-state index < -0.39 is 5.92 Å². The van der Waals surface area contributed by atoms with Gasteiger partial charge in [-0.25, -0.2) is 4.68 Å². The van der Waals surface area contributed by atoms with Gasteiger partial charge in [0.2, 0.25) is 5.91 Å². The standard InChI is InChI=1S/C27H26ClN3O/c1-27(2,3)23-18-24(31(30-23)22-17-11-10-16-21(22)28)29-26(32)25(19-12-6-4-7-13-19)20-14-8-5-9-15-20/h4-18,25H,1-3H3,(H,29,32). The minimum atomic E-state index is -0.454. The van der Waals surface area contributed by atoms with Crippen molar-refractivity contribution in [1.29, 1.82) is 0 Å². The van der Waals surface area contributed by atoms with Gasteiger partial charge in [-0.2, -0.15) is 5.10 Å². The van der Waals surface area contributed by atoms with E-state index in [1.807, 2.05) is 91.0 Å². The molecular weight excluding hydrogens is 418 g/mol. The number of hydrogen-bond donors (Lipinski definition) is 1. The van der Waals surface area contributed by atoms with Crippen LogP contribution in [0.3, 0.4) is 0 Å². The van der Waals surface area contributed by atoms with Crippen molar-refractivity contribution in [3.8, 4) is 5.69 Å². The summed E-state index contributed by atoms with van der Waals surface area (Å²) in [6.45, 7) is 6.28. The lowest BCUT2D eigenvalue weighted by Crippen LogP contribution is -2.23. The van der Waals surface area contributed by atoms with E-state index in [2.05, 4.69) is 26.1 Å². The average Bonchev–Trinajstić information content (AvgIpc) is 3.20. The maximum absolute atomic E-state index is 13.7. The fourth-order valence-electron chi connectivity index (χ4n) is 3.63. The van der Waals surface area contributed by atoms with Gasteiger partial charge in [-0.3, -0.25) is 4.79 Å². The number of carbonyl (C=O) groups is 1. The molecule has 0 fully saturated rings. The van der Waals surface area contributed by atoms with Crippen LogP contribution in [0.1, 0.15) is 43.5 Å². The number of rotatable bonds is 5. The quantitative estimate of drug-likeness (QED) is 0.378. The zero-order valence-corrected chi connectivity index (χ0v) is 19.2. The number of para-hydroxylation sites is 1. The smallest absolute Gasteiger partial charge is 0.237 e. The van der Waals surface area contributed by atoms with E-state index in [0.717, 1.165) is 22.5 Å². The van der Waals surface area contributed by atoms with Crippen molar-refractivity contribution in [1.82, 2.24) is 9.78 Å². The minimum Gasteiger partial charge on any atom is -0.310 e. The second kappa shape index (κ2) is 9.01. The SMILES string of the molecule is CC(C)(C)c1cc(NC(=O)C(c2ccccc2)c2ccccc2)n(-c2ccccc2Cl)n1. The van der Waals surface area contributed by atoms with Crippen molar-refractivity contribution in [3.63, 3.8) is 0 Å². The highest BCUT2D eigenvalue weighted by molar-refractivity contribution is 6.32. The maximum Gasteiger partial charge on any atom is 0.237 e. The van der Waals surface area contributed by atoms with Crippen molar-refractivity contribution < 1.29 is 4.79 Å². The van der Waals surface area contributed by atoms with Crippen LogP contribution in [0.2, 0.25) is 5.02 Å². The Balaban J connectivity index is 1.77. The highest BCUT2D eigenvalue weighted by atomic mass is 35.5. The molecule has 1 amide bonds. The van der Waals surface area contributed by atoms with Crippen LogP contribution < -0.4 is 5.32 Å². The van der Waals surface area contributed by atoms with Gasteiger partial charge in [-0.15, -0.1) is 0 Å². The van der Waals surface area contributed by atoms with Gasteiger partial charge in [-0.05, 0) is 23.3 Å². The van der Waals surface area contributed by atoms with Crippen LogP contribution in [0.4, 0.5) is 5.82 Å². The van der Waals surface area contributed by atoms with Gasteiger partial charge in [0, 0.05) is 11.5 Å². The largest absolute Gasteiger partial charge is 0.310 e. The summed E-state index contributed by atoms with van der Waals surface area (Å²) in [6.07, 6.45) is 0. The van der Waals surface area contributed by atoms with E-state index in [1.165, 1.54) is 0 Å². The number of anilines is 1. The Bertz CT molecular complexity index is 1170. The first-order chi connectivity index (χ1) is 15.3. The summed E-state index contributed by atoms with van der Waals surface area (Å²) < 4.78 is 1.72. The number of nitrogens with one attached hydrogen (secondary N) is 1. The van der Waals surface area contributed by atoms with E-state index in [1.54, 1.807) is 4.68 Å². The lowest BCUT2D eigenvalue weighted by molar-refractivity contribution is -0.116. The highest BCUT2D eigenvalue weighted by Gasteiger charge is 2.26. The molecule has 4 nitrogen and oxygen atoms in total. The molecule has 3 aromatic carbocycles. The molecule has 5 heteroatoms. The van der Waals surface area contributed by atoms with E-state index >= 15 is 0 Å². The van der Waals surface area contributed by atoms with E-state index in [-0.39, 0.29) is 11.3 Å². The minimum absolute atomic E-state index is 0.129. The van der Waals surface area contributed by atoms with Gasteiger partial charge >= 0.3 is 0 Å². The predicted molar refractivity (Wildman–Crippen MR) is 131 cm³/mol. The van der Waals surface area contributed by atoms with Crippen LogP contribution in [0, 0.1) is 0 Å². The zero-order valence-electron chi connectivity index (χ0n) is 18.4. The van der Waals surface area contributed by atoms with E-state index in [9.17, 15) is 4.79 Å². The van der Waals surface area contributed by atoms with Gasteiger partial charge in [0.15, 0.2) is 0 Å². The van der Waals surface area contributed by atoms with Crippen LogP contribution in [-0.2, 0) is 10.2 Å². The molecule has 32 heavy (non-hydrogen) atoms. The molecular formula is C27H26ClN3O. The van der Waals surface area contributed by atoms with Crippen molar-refractivity contribution in [2.24, 2.45) is 0 Å². The normalized spacial score (nSPS) is 11.5. The van der Waals surface area contributed by atoms with Crippen LogP contribution in [0.15, 0.2) is 91.0 Å². The molecule has 0 aliphatic carbocycles. The van der Waals surface area contributed by atoms with Crippen molar-refractivity contribution in [3.05, 3.63) is 113 Å². The summed E-state index contributed by atoms with van der Waals surface area (Å²) in [7, 11) is 0. The monoisotopic (exact) mass is 443 g/mol. The third-order valence-electron chi connectivity index (χ3n) is 5.34. The lowest BCUT2D eigenvalue weighted by Gasteiger charge is -2.18. The second-order valence-corrected chi connectivity index (χ2v) is 9.18. The molecule has 1 heterocycles. The molecule has 4 aromatic rings. The Labute approximate surface area is 193 Å². The van der Waals surface area contributed by atoms with E-state index in [4.69, 9.17) is 16.7 Å². The van der Waals surface area contributed by atoms with Crippen molar-refractivity contribution in [2.45, 2.75) is 32.1 Å². The van der Waals surface area contributed by atoms with Crippen LogP contribution in [-0.4, -0.2) is 15.7 Å². The number of aromatic nitrogens is 2. The maximum atomic E-state index is 13.7. The topological polar surface area (TPSA) is 46.9 Å². The first kappa shape index (κ1) is 21.8. The Kier molecular flexibility index (Phi) is 6.15. The average molecular weight is 444 g/mol. The van der Waals surface area contributed by atoms with Crippen LogP contribution >= 0.6 is 11.6 Å². The van der Waals surface area contributed by atoms with Crippen molar-refractivity contribution in [2.75, 3.05) is 5.32 Å². The Hall–Kier alpha value is -3.37. The van der Waals surface area contributed by atoms with Gasteiger partial charge in [0.1, 0.15) is 5.82 Å². The number of amides is 1. The molecule has 0 spiro atoms. The van der Waals surface area contributed by atoms with Gasteiger partial charge < -0.3 is 5.32 Å². The molecule has 162 valence electrons. The molecule has 0 saturated carbocycles. The summed E-state index contributed by atoms with van der Waals surface area (Å²) in [6, 6.07) is 29.0. The first-order valence-corrected chi connectivity index (χ1v) is 11.0. The van der Waals surface area contributed by atoms with Crippen LogP contribution in [0.25, 0.3) is 5.69 Å². The van der Waals surface area contributed by atoms with E-state index in [0.29, 0.717) is 10.8 Å². The van der Waals surface area contributed by atoms with Gasteiger partial charge in [-0.1, -0.05) is 105 Å². The number of benzene rings is 3. The summed E-state index contributed by atoms with van der Waals surface area (Å²) in [4.78, 5) is 13.7. The molecule has 0 aliphatic rings. The third-order valence-corrected chi connectivity index (χ3v) is 5.66. The zero-order chi connectivity index (χ0) is 22.7. The number of hydrogen-bond acceptors (Lipinski definition) is 2. The first-order valence-electron chi connectivity index (χ1n) is 10.6. The fourth-order valence-corrected chi connectivity index (χ4v) is 3.84. The summed E-state index contributed by atoms with van der Waals surface area (Å²) in [5.74, 6) is 0.00559. The van der Waals surface area contributed by atoms with Crippen molar-refractivity contribution >= 4 is 23.3 Å². The Morgan fingerprint density at radius 2 is 1.41 bits per heavy atom. The molecule has 4 rings (SSSR count). The fraction of sp³-hybridized carbons (Fsp3) is 0.185. The lowest BCUT2D eigenvalue weighted by atomic mass is 9.90. The molecule has 0 atom stereocenters. The highest BCUT2D eigenvalue weighted by Crippen LogP contribution is 2.31. The molecule has 0 unspecified atom stereocenters. The predicted octanol–water partition coefficient (Wildman–Crippen LogP) is 6.59. The summed E-state index contributed by atoms with van der Waals surface area (Å²) in [5, 5.41) is 8.48. The molecule has 0 bridgehead atoms. The Morgan fingerprint density at radius 1 is 0.875 bits per heavy atom. The summed E-state index contributed by atoms with van der Waals surface area (Å²) in [5.41, 5.74) is 3.25. The Morgan fingerprint density at radius 3 is 1.94 bits per heavy atom. The summed E-state index contributed by atoms with van der Waals surface area (Å²) >= 11 is 6.47.